The highest BCUT2D eigenvalue weighted by Gasteiger charge is 2.13. The van der Waals surface area contributed by atoms with Gasteiger partial charge in [0.2, 0.25) is 0 Å². The molecule has 2 atom stereocenters. The van der Waals surface area contributed by atoms with Crippen molar-refractivity contribution in [1.82, 2.24) is 0 Å². The van der Waals surface area contributed by atoms with Crippen LogP contribution in [0.2, 0.25) is 0 Å². The molecule has 9 heavy (non-hydrogen) atoms. The lowest BCUT2D eigenvalue weighted by molar-refractivity contribution is 0.366. The maximum Gasteiger partial charge on any atom is 0.0156 e. The van der Waals surface area contributed by atoms with Gasteiger partial charge in [-0.1, -0.05) is 20.8 Å². The Labute approximate surface area is 63.4 Å². The first-order valence-corrected chi connectivity index (χ1v) is 4.09. The maximum absolute atomic E-state index is 5.74. The standard InChI is InChI=1S/C7H17NS/c1-5(2)6(3)7(8)4-9/h5-7,9H,4,8H2,1-3H3/t6?,7-/m1/s1. The minimum Gasteiger partial charge on any atom is -0.327 e. The molecule has 2 N–H and O–H groups in total. The Kier molecular flexibility index (Phi) is 4.32. The minimum absolute atomic E-state index is 0.258. The molecule has 0 saturated carbocycles. The van der Waals surface area contributed by atoms with E-state index in [4.69, 9.17) is 5.73 Å². The van der Waals surface area contributed by atoms with E-state index in [1.807, 2.05) is 0 Å². The molecular formula is C7H17NS. The zero-order valence-corrected chi connectivity index (χ0v) is 7.36. The predicted octanol–water partition coefficient (Wildman–Crippen LogP) is 1.54. The second-order valence-corrected chi connectivity index (χ2v) is 3.31. The molecule has 1 nitrogen and oxygen atoms in total. The molecule has 56 valence electrons. The summed E-state index contributed by atoms with van der Waals surface area (Å²) < 4.78 is 0. The molecule has 0 aliphatic rings. The van der Waals surface area contributed by atoms with E-state index in [2.05, 4.69) is 33.4 Å². The van der Waals surface area contributed by atoms with Gasteiger partial charge in [-0.25, -0.2) is 0 Å². The fourth-order valence-corrected chi connectivity index (χ4v) is 0.993. The molecule has 0 bridgehead atoms. The molecule has 0 aromatic rings. The summed E-state index contributed by atoms with van der Waals surface area (Å²) in [5.41, 5.74) is 5.74. The quantitative estimate of drug-likeness (QED) is 0.582. The Morgan fingerprint density at radius 3 is 1.89 bits per heavy atom. The van der Waals surface area contributed by atoms with Crippen LogP contribution in [0.15, 0.2) is 0 Å². The number of hydrogen-bond donors (Lipinski definition) is 2. The van der Waals surface area contributed by atoms with E-state index in [0.29, 0.717) is 11.8 Å². The first-order valence-electron chi connectivity index (χ1n) is 3.46. The Balaban J connectivity index is 3.58. The lowest BCUT2D eigenvalue weighted by Gasteiger charge is -2.21. The molecule has 0 aliphatic carbocycles. The first-order chi connectivity index (χ1) is 4.09. The Morgan fingerprint density at radius 1 is 1.33 bits per heavy atom. The molecule has 2 heteroatoms. The summed E-state index contributed by atoms with van der Waals surface area (Å²) in [4.78, 5) is 0. The van der Waals surface area contributed by atoms with Crippen LogP contribution in [-0.2, 0) is 0 Å². The van der Waals surface area contributed by atoms with Gasteiger partial charge in [0.15, 0.2) is 0 Å². The largest absolute Gasteiger partial charge is 0.327 e. The fraction of sp³-hybridized carbons (Fsp3) is 1.00. The van der Waals surface area contributed by atoms with Gasteiger partial charge in [-0.3, -0.25) is 0 Å². The van der Waals surface area contributed by atoms with Crippen molar-refractivity contribution in [3.05, 3.63) is 0 Å². The van der Waals surface area contributed by atoms with Gasteiger partial charge in [0.25, 0.3) is 0 Å². The van der Waals surface area contributed by atoms with Crippen molar-refractivity contribution in [2.75, 3.05) is 5.75 Å². The van der Waals surface area contributed by atoms with Gasteiger partial charge in [-0.15, -0.1) is 0 Å². The van der Waals surface area contributed by atoms with Gasteiger partial charge in [-0.2, -0.15) is 12.6 Å². The van der Waals surface area contributed by atoms with Crippen molar-refractivity contribution < 1.29 is 0 Å². The summed E-state index contributed by atoms with van der Waals surface area (Å²) in [6, 6.07) is 0.258. The highest BCUT2D eigenvalue weighted by atomic mass is 32.1. The van der Waals surface area contributed by atoms with Gasteiger partial charge < -0.3 is 5.73 Å². The Hall–Kier alpha value is 0.310. The molecule has 1 unspecified atom stereocenters. The summed E-state index contributed by atoms with van der Waals surface area (Å²) in [5.74, 6) is 2.05. The monoisotopic (exact) mass is 147 g/mol. The average molecular weight is 147 g/mol. The van der Waals surface area contributed by atoms with E-state index in [1.54, 1.807) is 0 Å². The third-order valence-corrected chi connectivity index (χ3v) is 2.36. The van der Waals surface area contributed by atoms with E-state index in [0.717, 1.165) is 5.75 Å². The zero-order chi connectivity index (χ0) is 7.44. The molecule has 0 spiro atoms. The van der Waals surface area contributed by atoms with Crippen molar-refractivity contribution >= 4 is 12.6 Å². The lowest BCUT2D eigenvalue weighted by Crippen LogP contribution is -2.32. The zero-order valence-electron chi connectivity index (χ0n) is 6.46. The van der Waals surface area contributed by atoms with Crippen molar-refractivity contribution in [2.45, 2.75) is 26.8 Å². The van der Waals surface area contributed by atoms with Crippen LogP contribution < -0.4 is 5.73 Å². The second kappa shape index (κ2) is 4.18. The number of hydrogen-bond acceptors (Lipinski definition) is 2. The molecule has 0 fully saturated rings. The normalized spacial score (nSPS) is 18.0. The molecule has 0 aliphatic heterocycles. The summed E-state index contributed by atoms with van der Waals surface area (Å²) >= 11 is 4.12. The van der Waals surface area contributed by atoms with Crippen LogP contribution in [0, 0.1) is 11.8 Å². The molecule has 0 saturated heterocycles. The third-order valence-electron chi connectivity index (χ3n) is 1.94. The number of thiol groups is 1. The van der Waals surface area contributed by atoms with Crippen LogP contribution in [0.4, 0.5) is 0 Å². The highest BCUT2D eigenvalue weighted by molar-refractivity contribution is 7.80. The van der Waals surface area contributed by atoms with E-state index in [9.17, 15) is 0 Å². The number of rotatable bonds is 3. The fourth-order valence-electron chi connectivity index (χ4n) is 0.661. The van der Waals surface area contributed by atoms with Gasteiger partial charge in [0.1, 0.15) is 0 Å². The van der Waals surface area contributed by atoms with Gasteiger partial charge in [0, 0.05) is 11.8 Å². The SMILES string of the molecule is CC(C)C(C)[C@H](N)CS. The highest BCUT2D eigenvalue weighted by Crippen LogP contribution is 2.13. The van der Waals surface area contributed by atoms with Crippen LogP contribution in [-0.4, -0.2) is 11.8 Å². The summed E-state index contributed by atoms with van der Waals surface area (Å²) in [7, 11) is 0. The molecule has 0 rings (SSSR count). The second-order valence-electron chi connectivity index (χ2n) is 2.95. The van der Waals surface area contributed by atoms with Crippen LogP contribution >= 0.6 is 12.6 Å². The number of nitrogens with two attached hydrogens (primary N) is 1. The van der Waals surface area contributed by atoms with Crippen molar-refractivity contribution in [1.29, 1.82) is 0 Å². The summed E-state index contributed by atoms with van der Waals surface area (Å²) in [6.07, 6.45) is 0. The average Bonchev–Trinajstić information content (AvgIpc) is 1.84. The van der Waals surface area contributed by atoms with Crippen LogP contribution in [0.5, 0.6) is 0 Å². The van der Waals surface area contributed by atoms with Crippen LogP contribution in [0.1, 0.15) is 20.8 Å². The Morgan fingerprint density at radius 2 is 1.78 bits per heavy atom. The predicted molar refractivity (Wildman–Crippen MR) is 45.8 cm³/mol. The molecule has 0 heterocycles. The van der Waals surface area contributed by atoms with Gasteiger partial charge >= 0.3 is 0 Å². The Bertz CT molecular complexity index is 73.3. The van der Waals surface area contributed by atoms with E-state index < -0.39 is 0 Å². The third kappa shape index (κ3) is 3.11. The summed E-state index contributed by atoms with van der Waals surface area (Å²) in [5, 5.41) is 0. The topological polar surface area (TPSA) is 26.0 Å². The molecule has 0 aromatic heterocycles. The van der Waals surface area contributed by atoms with Crippen LogP contribution in [0.25, 0.3) is 0 Å². The van der Waals surface area contributed by atoms with E-state index in [1.165, 1.54) is 0 Å². The molecule has 0 amide bonds. The lowest BCUT2D eigenvalue weighted by atomic mass is 9.92. The molecule has 0 radical (unpaired) electrons. The van der Waals surface area contributed by atoms with Crippen molar-refractivity contribution in [3.63, 3.8) is 0 Å². The van der Waals surface area contributed by atoms with E-state index >= 15 is 0 Å². The smallest absolute Gasteiger partial charge is 0.0156 e. The minimum atomic E-state index is 0.258. The van der Waals surface area contributed by atoms with Crippen LogP contribution in [0.3, 0.4) is 0 Å². The first kappa shape index (κ1) is 9.31. The molecule has 0 aromatic carbocycles. The van der Waals surface area contributed by atoms with E-state index in [-0.39, 0.29) is 6.04 Å². The van der Waals surface area contributed by atoms with Gasteiger partial charge in [0.05, 0.1) is 0 Å². The van der Waals surface area contributed by atoms with Crippen molar-refractivity contribution in [2.24, 2.45) is 17.6 Å². The van der Waals surface area contributed by atoms with Gasteiger partial charge in [-0.05, 0) is 11.8 Å². The molecular weight excluding hydrogens is 130 g/mol. The summed E-state index contributed by atoms with van der Waals surface area (Å²) in [6.45, 7) is 6.55. The maximum atomic E-state index is 5.74. The van der Waals surface area contributed by atoms with Crippen molar-refractivity contribution in [3.8, 4) is 0 Å².